The lowest BCUT2D eigenvalue weighted by Gasteiger charge is -2.38. The van der Waals surface area contributed by atoms with Gasteiger partial charge in [-0.25, -0.2) is 0 Å². The molecule has 3 heteroatoms. The summed E-state index contributed by atoms with van der Waals surface area (Å²) in [7, 11) is 0. The van der Waals surface area contributed by atoms with Crippen LogP contribution in [0.1, 0.15) is 12.8 Å². The fraction of sp³-hybridized carbons (Fsp3) is 0.538. The van der Waals surface area contributed by atoms with Crippen LogP contribution in [0.3, 0.4) is 0 Å². The molecule has 2 aliphatic rings. The highest BCUT2D eigenvalue weighted by Crippen LogP contribution is 2.25. The van der Waals surface area contributed by atoms with Gasteiger partial charge in [-0.2, -0.15) is 0 Å². The third-order valence-electron chi connectivity index (χ3n) is 3.85. The van der Waals surface area contributed by atoms with Crippen LogP contribution in [-0.2, 0) is 0 Å². The van der Waals surface area contributed by atoms with E-state index in [0.29, 0.717) is 0 Å². The lowest BCUT2D eigenvalue weighted by Crippen LogP contribution is -2.50. The van der Waals surface area contributed by atoms with Crippen molar-refractivity contribution < 1.29 is 0 Å². The van der Waals surface area contributed by atoms with Crippen LogP contribution in [0.4, 0.5) is 11.4 Å². The normalized spacial score (nSPS) is 25.8. The number of benzene rings is 1. The number of nitrogen functional groups attached to an aromatic ring is 1. The Morgan fingerprint density at radius 1 is 1.06 bits per heavy atom. The van der Waals surface area contributed by atoms with Crippen LogP contribution in [0.25, 0.3) is 0 Å². The van der Waals surface area contributed by atoms with Gasteiger partial charge in [0.25, 0.3) is 0 Å². The van der Waals surface area contributed by atoms with Gasteiger partial charge in [0.05, 0.1) is 0 Å². The van der Waals surface area contributed by atoms with Crippen molar-refractivity contribution in [2.24, 2.45) is 0 Å². The number of rotatable bonds is 1. The quantitative estimate of drug-likeness (QED) is 0.724. The molecule has 3 nitrogen and oxygen atoms in total. The highest BCUT2D eigenvalue weighted by molar-refractivity contribution is 5.53. The Labute approximate surface area is 96.8 Å². The molecule has 0 amide bonds. The molecule has 0 saturated carbocycles. The zero-order valence-corrected chi connectivity index (χ0v) is 9.60. The zero-order chi connectivity index (χ0) is 11.0. The van der Waals surface area contributed by atoms with Crippen molar-refractivity contribution in [3.8, 4) is 0 Å². The molecule has 1 aromatic carbocycles. The van der Waals surface area contributed by atoms with Crippen LogP contribution in [0, 0.1) is 0 Å². The Balaban J connectivity index is 1.74. The fourth-order valence-electron chi connectivity index (χ4n) is 2.91. The van der Waals surface area contributed by atoms with Crippen molar-refractivity contribution in [1.82, 2.24) is 4.90 Å². The van der Waals surface area contributed by atoms with Gasteiger partial charge >= 0.3 is 0 Å². The van der Waals surface area contributed by atoms with E-state index >= 15 is 0 Å². The summed E-state index contributed by atoms with van der Waals surface area (Å²) in [6.45, 7) is 4.86. The van der Waals surface area contributed by atoms with Gasteiger partial charge in [-0.3, -0.25) is 4.90 Å². The molecule has 0 bridgehead atoms. The van der Waals surface area contributed by atoms with Crippen molar-refractivity contribution in [2.45, 2.75) is 18.9 Å². The van der Waals surface area contributed by atoms with Gasteiger partial charge in [0.1, 0.15) is 0 Å². The maximum atomic E-state index is 5.71. The highest BCUT2D eigenvalue weighted by Gasteiger charge is 2.30. The van der Waals surface area contributed by atoms with Crippen LogP contribution < -0.4 is 10.6 Å². The predicted molar refractivity (Wildman–Crippen MR) is 67.7 cm³/mol. The molecule has 0 aromatic heterocycles. The molecule has 16 heavy (non-hydrogen) atoms. The maximum absolute atomic E-state index is 5.71. The van der Waals surface area contributed by atoms with Gasteiger partial charge in [-0.05, 0) is 43.7 Å². The average Bonchev–Trinajstić information content (AvgIpc) is 2.77. The van der Waals surface area contributed by atoms with Crippen molar-refractivity contribution in [3.63, 3.8) is 0 Å². The monoisotopic (exact) mass is 217 g/mol. The zero-order valence-electron chi connectivity index (χ0n) is 9.60. The Bertz CT molecular complexity index is 360. The second-order valence-corrected chi connectivity index (χ2v) is 4.87. The van der Waals surface area contributed by atoms with E-state index in [1.54, 1.807) is 0 Å². The molecule has 1 atom stereocenters. The van der Waals surface area contributed by atoms with Crippen molar-refractivity contribution in [3.05, 3.63) is 24.3 Å². The first-order chi connectivity index (χ1) is 7.83. The van der Waals surface area contributed by atoms with Crippen LogP contribution in [0.5, 0.6) is 0 Å². The fourth-order valence-corrected chi connectivity index (χ4v) is 2.91. The van der Waals surface area contributed by atoms with Crippen LogP contribution in [-0.4, -0.2) is 37.1 Å². The number of hydrogen-bond acceptors (Lipinski definition) is 3. The van der Waals surface area contributed by atoms with E-state index < -0.39 is 0 Å². The first kappa shape index (κ1) is 9.97. The van der Waals surface area contributed by atoms with E-state index in [0.717, 1.165) is 18.3 Å². The van der Waals surface area contributed by atoms with E-state index in [1.165, 1.54) is 38.2 Å². The van der Waals surface area contributed by atoms with E-state index in [2.05, 4.69) is 21.9 Å². The number of fused-ring (bicyclic) bond motifs is 1. The Morgan fingerprint density at radius 3 is 2.69 bits per heavy atom. The van der Waals surface area contributed by atoms with E-state index in [1.807, 2.05) is 12.1 Å². The van der Waals surface area contributed by atoms with Crippen molar-refractivity contribution in [1.29, 1.82) is 0 Å². The van der Waals surface area contributed by atoms with E-state index in [4.69, 9.17) is 5.73 Å². The molecule has 3 rings (SSSR count). The largest absolute Gasteiger partial charge is 0.399 e. The minimum Gasteiger partial charge on any atom is -0.399 e. The summed E-state index contributed by atoms with van der Waals surface area (Å²) in [5.74, 6) is 0. The standard InChI is InChI=1S/C13H19N3/c14-11-3-5-12(6-4-11)16-9-8-15-7-1-2-13(15)10-16/h3-6,13H,1-2,7-10,14H2. The lowest BCUT2D eigenvalue weighted by atomic mass is 10.1. The van der Waals surface area contributed by atoms with Gasteiger partial charge < -0.3 is 10.6 Å². The van der Waals surface area contributed by atoms with Crippen LogP contribution >= 0.6 is 0 Å². The van der Waals surface area contributed by atoms with Gasteiger partial charge in [-0.1, -0.05) is 0 Å². The lowest BCUT2D eigenvalue weighted by molar-refractivity contribution is 0.231. The minimum atomic E-state index is 0.784. The van der Waals surface area contributed by atoms with Gasteiger partial charge in [-0.15, -0.1) is 0 Å². The summed E-state index contributed by atoms with van der Waals surface area (Å²) >= 11 is 0. The first-order valence-corrected chi connectivity index (χ1v) is 6.17. The second kappa shape index (κ2) is 3.98. The predicted octanol–water partition coefficient (Wildman–Crippen LogP) is 1.55. The summed E-state index contributed by atoms with van der Waals surface area (Å²) in [4.78, 5) is 5.12. The Morgan fingerprint density at radius 2 is 1.88 bits per heavy atom. The SMILES string of the molecule is Nc1ccc(N2CCN3CCCC3C2)cc1. The molecular formula is C13H19N3. The molecule has 2 saturated heterocycles. The topological polar surface area (TPSA) is 32.5 Å². The average molecular weight is 217 g/mol. The summed E-state index contributed by atoms with van der Waals surface area (Å²) in [6.07, 6.45) is 2.74. The second-order valence-electron chi connectivity index (χ2n) is 4.87. The van der Waals surface area contributed by atoms with E-state index in [-0.39, 0.29) is 0 Å². The molecule has 2 aliphatic heterocycles. The molecule has 0 spiro atoms. The number of hydrogen-bond donors (Lipinski definition) is 1. The van der Waals surface area contributed by atoms with Gasteiger partial charge in [0.15, 0.2) is 0 Å². The molecule has 2 N–H and O–H groups in total. The first-order valence-electron chi connectivity index (χ1n) is 6.17. The molecular weight excluding hydrogens is 198 g/mol. The van der Waals surface area contributed by atoms with Crippen molar-refractivity contribution >= 4 is 11.4 Å². The number of nitrogens with two attached hydrogens (primary N) is 1. The molecule has 2 fully saturated rings. The van der Waals surface area contributed by atoms with Gasteiger partial charge in [0, 0.05) is 37.1 Å². The summed E-state index contributed by atoms with van der Waals surface area (Å²) < 4.78 is 0. The number of nitrogens with zero attached hydrogens (tertiary/aromatic N) is 2. The maximum Gasteiger partial charge on any atom is 0.0368 e. The minimum absolute atomic E-state index is 0.784. The third kappa shape index (κ3) is 1.76. The van der Waals surface area contributed by atoms with Crippen LogP contribution in [0.2, 0.25) is 0 Å². The summed E-state index contributed by atoms with van der Waals surface area (Å²) in [6, 6.07) is 9.05. The molecule has 0 radical (unpaired) electrons. The summed E-state index contributed by atoms with van der Waals surface area (Å²) in [5, 5.41) is 0. The highest BCUT2D eigenvalue weighted by atomic mass is 15.3. The smallest absolute Gasteiger partial charge is 0.0368 e. The van der Waals surface area contributed by atoms with Gasteiger partial charge in [0.2, 0.25) is 0 Å². The van der Waals surface area contributed by atoms with Crippen LogP contribution in [0.15, 0.2) is 24.3 Å². The Hall–Kier alpha value is -1.22. The summed E-state index contributed by atoms with van der Waals surface area (Å²) in [5.41, 5.74) is 7.89. The molecule has 0 aliphatic carbocycles. The molecule has 1 aromatic rings. The molecule has 86 valence electrons. The molecule has 1 unspecified atom stereocenters. The third-order valence-corrected chi connectivity index (χ3v) is 3.85. The molecule has 2 heterocycles. The van der Waals surface area contributed by atoms with E-state index in [9.17, 15) is 0 Å². The number of piperazine rings is 1. The Kier molecular flexibility index (Phi) is 2.48. The number of anilines is 2. The van der Waals surface area contributed by atoms with Crippen molar-refractivity contribution in [2.75, 3.05) is 36.8 Å².